The molecular formula is C12H25N3. The predicted octanol–water partition coefficient (Wildman–Crippen LogP) is 0.894. The zero-order valence-corrected chi connectivity index (χ0v) is 9.99. The van der Waals surface area contributed by atoms with Gasteiger partial charge in [-0.05, 0) is 52.4 Å². The van der Waals surface area contributed by atoms with Gasteiger partial charge in [-0.2, -0.15) is 0 Å². The minimum Gasteiger partial charge on any atom is -0.328 e. The fourth-order valence-electron chi connectivity index (χ4n) is 2.81. The van der Waals surface area contributed by atoms with E-state index in [0.29, 0.717) is 6.04 Å². The summed E-state index contributed by atoms with van der Waals surface area (Å²) in [6.07, 6.45) is 6.58. The molecule has 2 rings (SSSR count). The quantitative estimate of drug-likeness (QED) is 0.736. The van der Waals surface area contributed by atoms with Crippen LogP contribution >= 0.6 is 0 Å². The minimum absolute atomic E-state index is 0.463. The zero-order chi connectivity index (χ0) is 10.7. The van der Waals surface area contributed by atoms with E-state index in [-0.39, 0.29) is 0 Å². The van der Waals surface area contributed by atoms with Crippen molar-refractivity contribution >= 4 is 0 Å². The van der Waals surface area contributed by atoms with Crippen molar-refractivity contribution in [3.8, 4) is 0 Å². The highest BCUT2D eigenvalue weighted by atomic mass is 15.2. The highest BCUT2D eigenvalue weighted by Gasteiger charge is 2.23. The number of hydrogen-bond acceptors (Lipinski definition) is 3. The molecule has 3 heteroatoms. The normalized spacial score (nSPS) is 32.0. The molecule has 0 saturated carbocycles. The summed E-state index contributed by atoms with van der Waals surface area (Å²) in [6, 6.07) is 1.26. The van der Waals surface area contributed by atoms with Crippen molar-refractivity contribution in [2.24, 2.45) is 5.73 Å². The smallest absolute Gasteiger partial charge is 0.0220 e. The van der Waals surface area contributed by atoms with Crippen LogP contribution < -0.4 is 5.73 Å². The van der Waals surface area contributed by atoms with E-state index in [1.54, 1.807) is 0 Å². The van der Waals surface area contributed by atoms with Crippen LogP contribution in [0.3, 0.4) is 0 Å². The highest BCUT2D eigenvalue weighted by molar-refractivity contribution is 4.81. The summed E-state index contributed by atoms with van der Waals surface area (Å²) in [7, 11) is 2.28. The summed E-state index contributed by atoms with van der Waals surface area (Å²) in [5, 5.41) is 0. The summed E-state index contributed by atoms with van der Waals surface area (Å²) >= 11 is 0. The molecule has 15 heavy (non-hydrogen) atoms. The van der Waals surface area contributed by atoms with E-state index in [1.165, 1.54) is 58.3 Å². The van der Waals surface area contributed by atoms with E-state index in [1.807, 2.05) is 0 Å². The molecule has 2 aliphatic rings. The Balaban J connectivity index is 1.75. The van der Waals surface area contributed by atoms with Gasteiger partial charge in [-0.25, -0.2) is 0 Å². The predicted molar refractivity (Wildman–Crippen MR) is 63.9 cm³/mol. The van der Waals surface area contributed by atoms with Crippen LogP contribution in [0.25, 0.3) is 0 Å². The Morgan fingerprint density at radius 2 is 1.80 bits per heavy atom. The molecule has 0 amide bonds. The maximum absolute atomic E-state index is 5.92. The summed E-state index contributed by atoms with van der Waals surface area (Å²) in [6.45, 7) is 4.98. The monoisotopic (exact) mass is 211 g/mol. The van der Waals surface area contributed by atoms with Crippen molar-refractivity contribution in [3.63, 3.8) is 0 Å². The third-order valence-electron chi connectivity index (χ3n) is 4.02. The molecule has 2 fully saturated rings. The summed E-state index contributed by atoms with van der Waals surface area (Å²) < 4.78 is 0. The Kier molecular flexibility index (Phi) is 4.00. The fourth-order valence-corrected chi connectivity index (χ4v) is 2.81. The second kappa shape index (κ2) is 5.28. The van der Waals surface area contributed by atoms with Gasteiger partial charge in [0.25, 0.3) is 0 Å². The van der Waals surface area contributed by atoms with Crippen LogP contribution in [0.2, 0.25) is 0 Å². The molecule has 1 atom stereocenters. The first-order chi connectivity index (χ1) is 7.25. The number of rotatable bonds is 2. The average molecular weight is 211 g/mol. The number of nitrogens with two attached hydrogens (primary N) is 1. The van der Waals surface area contributed by atoms with Crippen molar-refractivity contribution in [1.82, 2.24) is 9.80 Å². The van der Waals surface area contributed by atoms with E-state index < -0.39 is 0 Å². The van der Waals surface area contributed by atoms with Crippen LogP contribution in [-0.2, 0) is 0 Å². The van der Waals surface area contributed by atoms with Gasteiger partial charge in [0.15, 0.2) is 0 Å². The van der Waals surface area contributed by atoms with E-state index in [4.69, 9.17) is 5.73 Å². The lowest BCUT2D eigenvalue weighted by Gasteiger charge is -2.38. The molecule has 0 bridgehead atoms. The Bertz CT molecular complexity index is 187. The number of nitrogens with zero attached hydrogens (tertiary/aromatic N) is 2. The topological polar surface area (TPSA) is 32.5 Å². The van der Waals surface area contributed by atoms with Crippen LogP contribution in [0.5, 0.6) is 0 Å². The third kappa shape index (κ3) is 3.16. The molecule has 3 nitrogen and oxygen atoms in total. The Morgan fingerprint density at radius 1 is 1.07 bits per heavy atom. The second-order valence-corrected chi connectivity index (χ2v) is 5.27. The summed E-state index contributed by atoms with van der Waals surface area (Å²) in [5.41, 5.74) is 5.92. The molecule has 0 spiro atoms. The molecule has 2 N–H and O–H groups in total. The molecule has 1 unspecified atom stereocenters. The van der Waals surface area contributed by atoms with Crippen LogP contribution in [0.4, 0.5) is 0 Å². The molecule has 0 aromatic carbocycles. The Hall–Kier alpha value is -0.120. The summed E-state index contributed by atoms with van der Waals surface area (Å²) in [4.78, 5) is 5.15. The Labute approximate surface area is 93.6 Å². The average Bonchev–Trinajstić information content (AvgIpc) is 2.25. The van der Waals surface area contributed by atoms with Gasteiger partial charge < -0.3 is 15.5 Å². The highest BCUT2D eigenvalue weighted by Crippen LogP contribution is 2.17. The van der Waals surface area contributed by atoms with Crippen LogP contribution in [0.1, 0.15) is 32.1 Å². The molecule has 2 saturated heterocycles. The van der Waals surface area contributed by atoms with Crippen LogP contribution in [0.15, 0.2) is 0 Å². The van der Waals surface area contributed by atoms with Crippen molar-refractivity contribution in [2.45, 2.75) is 44.2 Å². The SMILES string of the molecule is CN1CCCCC1CN1CCC(N)CC1. The molecular weight excluding hydrogens is 186 g/mol. The minimum atomic E-state index is 0.463. The molecule has 0 aliphatic carbocycles. The zero-order valence-electron chi connectivity index (χ0n) is 9.99. The van der Waals surface area contributed by atoms with E-state index in [2.05, 4.69) is 16.8 Å². The molecule has 2 aliphatic heterocycles. The van der Waals surface area contributed by atoms with Crippen LogP contribution in [-0.4, -0.2) is 55.1 Å². The van der Waals surface area contributed by atoms with Crippen molar-refractivity contribution < 1.29 is 0 Å². The third-order valence-corrected chi connectivity index (χ3v) is 4.02. The van der Waals surface area contributed by atoms with Crippen molar-refractivity contribution in [2.75, 3.05) is 33.2 Å². The summed E-state index contributed by atoms with van der Waals surface area (Å²) in [5.74, 6) is 0. The molecule has 2 heterocycles. The number of likely N-dealkylation sites (N-methyl/N-ethyl adjacent to an activating group) is 1. The Morgan fingerprint density at radius 3 is 2.47 bits per heavy atom. The van der Waals surface area contributed by atoms with Crippen molar-refractivity contribution in [1.29, 1.82) is 0 Å². The largest absolute Gasteiger partial charge is 0.328 e. The van der Waals surface area contributed by atoms with Gasteiger partial charge in [-0.1, -0.05) is 6.42 Å². The van der Waals surface area contributed by atoms with E-state index in [0.717, 1.165) is 6.04 Å². The lowest BCUT2D eigenvalue weighted by Crippen LogP contribution is -2.48. The van der Waals surface area contributed by atoms with Gasteiger partial charge in [-0.3, -0.25) is 0 Å². The standard InChI is InChI=1S/C12H25N3/c1-14-7-3-2-4-12(14)10-15-8-5-11(13)6-9-15/h11-12H,2-10,13H2,1H3. The van der Waals surface area contributed by atoms with Gasteiger partial charge in [0, 0.05) is 18.6 Å². The van der Waals surface area contributed by atoms with Gasteiger partial charge >= 0.3 is 0 Å². The first-order valence-corrected chi connectivity index (χ1v) is 6.44. The lowest BCUT2D eigenvalue weighted by molar-refractivity contribution is 0.113. The van der Waals surface area contributed by atoms with Crippen molar-refractivity contribution in [3.05, 3.63) is 0 Å². The second-order valence-electron chi connectivity index (χ2n) is 5.27. The first-order valence-electron chi connectivity index (χ1n) is 6.44. The maximum Gasteiger partial charge on any atom is 0.0220 e. The molecule has 0 aromatic rings. The van der Waals surface area contributed by atoms with E-state index in [9.17, 15) is 0 Å². The molecule has 88 valence electrons. The fraction of sp³-hybridized carbons (Fsp3) is 1.00. The number of likely N-dealkylation sites (tertiary alicyclic amines) is 2. The number of piperidine rings is 2. The van der Waals surface area contributed by atoms with Gasteiger partial charge in [0.05, 0.1) is 0 Å². The van der Waals surface area contributed by atoms with Gasteiger partial charge in [0.2, 0.25) is 0 Å². The number of hydrogen-bond donors (Lipinski definition) is 1. The van der Waals surface area contributed by atoms with Gasteiger partial charge in [0.1, 0.15) is 0 Å². The van der Waals surface area contributed by atoms with E-state index >= 15 is 0 Å². The molecule has 0 radical (unpaired) electrons. The lowest BCUT2D eigenvalue weighted by atomic mass is 10.0. The first kappa shape index (κ1) is 11.4. The molecule has 0 aromatic heterocycles. The maximum atomic E-state index is 5.92. The van der Waals surface area contributed by atoms with Gasteiger partial charge in [-0.15, -0.1) is 0 Å². The van der Waals surface area contributed by atoms with Crippen LogP contribution in [0, 0.1) is 0 Å².